The van der Waals surface area contributed by atoms with Crippen LogP contribution < -0.4 is 25.2 Å². The minimum atomic E-state index is -0.0767. The molecule has 3 aromatic rings. The number of nitrogens with zero attached hydrogens (tertiary/aromatic N) is 4. The van der Waals surface area contributed by atoms with Crippen LogP contribution in [0.1, 0.15) is 41.5 Å². The lowest BCUT2D eigenvalue weighted by molar-refractivity contribution is -0.121. The number of amides is 2. The normalized spacial score (nSPS) is 13.9. The fraction of sp³-hybridized carbons (Fsp3) is 0.263. The third-order valence-corrected chi connectivity index (χ3v) is 8.65. The molecule has 0 atom stereocenters. The lowest BCUT2D eigenvalue weighted by atomic mass is 10.0. The van der Waals surface area contributed by atoms with E-state index in [9.17, 15) is 9.59 Å². The van der Waals surface area contributed by atoms with Crippen molar-refractivity contribution < 1.29 is 18.7 Å². The number of para-hydroxylation sites is 1. The highest BCUT2D eigenvalue weighted by molar-refractivity contribution is 5.95. The summed E-state index contributed by atoms with van der Waals surface area (Å²) in [4.78, 5) is 39.4. The van der Waals surface area contributed by atoms with Gasteiger partial charge in [-0.05, 0) is 48.7 Å². The van der Waals surface area contributed by atoms with Crippen LogP contribution in [0, 0.1) is 18.8 Å². The zero-order valence-corrected chi connectivity index (χ0v) is 26.5. The number of rotatable bonds is 7. The molecule has 0 saturated carbocycles. The van der Waals surface area contributed by atoms with Gasteiger partial charge in [0.25, 0.3) is 0 Å². The van der Waals surface area contributed by atoms with Crippen LogP contribution in [0.25, 0.3) is 22.6 Å². The number of hydrogen-bond acceptors (Lipinski definition) is 7. The first-order valence-corrected chi connectivity index (χ1v) is 15.9. The maximum Gasteiger partial charge on any atom is 0.229 e. The van der Waals surface area contributed by atoms with Crippen LogP contribution in [0.2, 0.25) is 0 Å². The quantitative estimate of drug-likeness (QED) is 0.197. The summed E-state index contributed by atoms with van der Waals surface area (Å²) in [5.41, 5.74) is 7.64. The van der Waals surface area contributed by atoms with Gasteiger partial charge in [-0.15, -0.1) is 0 Å². The molecule has 0 fully saturated rings. The number of carbonyl (C=O) groups is 2. The van der Waals surface area contributed by atoms with Gasteiger partial charge in [0.1, 0.15) is 23.6 Å². The predicted octanol–water partition coefficient (Wildman–Crippen LogP) is 5.20. The monoisotopic (exact) mass is 625 g/mol. The summed E-state index contributed by atoms with van der Waals surface area (Å²) >= 11 is 0. The third kappa shape index (κ3) is 6.27. The first-order valence-electron chi connectivity index (χ1n) is 15.9. The molecule has 0 unspecified atom stereocenters. The van der Waals surface area contributed by atoms with Gasteiger partial charge in [0.05, 0.1) is 29.8 Å². The van der Waals surface area contributed by atoms with Crippen molar-refractivity contribution in [1.82, 2.24) is 10.3 Å². The van der Waals surface area contributed by atoms with Crippen molar-refractivity contribution >= 4 is 34.3 Å². The fourth-order valence-corrected chi connectivity index (χ4v) is 6.18. The number of carbonyl (C=O) groups excluding carboxylic acids is 2. The summed E-state index contributed by atoms with van der Waals surface area (Å²) in [7, 11) is 1.76. The largest absolute Gasteiger partial charge is 0.489 e. The highest BCUT2D eigenvalue weighted by Gasteiger charge is 2.23. The Bertz CT molecular complexity index is 2110. The van der Waals surface area contributed by atoms with Crippen molar-refractivity contribution in [2.75, 3.05) is 43.1 Å². The Morgan fingerprint density at radius 2 is 1.79 bits per heavy atom. The van der Waals surface area contributed by atoms with Crippen LogP contribution in [0.5, 0.6) is 5.75 Å². The summed E-state index contributed by atoms with van der Waals surface area (Å²) in [5.74, 6) is 7.76. The first-order chi connectivity index (χ1) is 23.0. The van der Waals surface area contributed by atoms with Gasteiger partial charge in [-0.1, -0.05) is 42.2 Å². The van der Waals surface area contributed by atoms with Crippen LogP contribution in [0.3, 0.4) is 0 Å². The lowest BCUT2D eigenvalue weighted by Gasteiger charge is -2.31. The molecule has 4 aliphatic rings. The SMILES string of the molecule is CN=c1cc2oc3cc4c(cc3nc-2cc1C)OCCN4CCCC(=O)NCCC(=O)N1Cc2ccccc2C#Cc2ccccc21. The topological polar surface area (TPSA) is 100 Å². The molecule has 0 bridgehead atoms. The number of anilines is 2. The Morgan fingerprint density at radius 3 is 2.66 bits per heavy atom. The van der Waals surface area contributed by atoms with E-state index in [0.29, 0.717) is 50.4 Å². The molecule has 9 heteroatoms. The van der Waals surface area contributed by atoms with Crippen molar-refractivity contribution in [1.29, 1.82) is 0 Å². The minimum absolute atomic E-state index is 0.0588. The number of fused-ring (bicyclic) bond motifs is 5. The molecule has 3 aliphatic heterocycles. The van der Waals surface area contributed by atoms with Gasteiger partial charge in [-0.25, -0.2) is 4.98 Å². The van der Waals surface area contributed by atoms with Crippen LogP contribution >= 0.6 is 0 Å². The zero-order chi connectivity index (χ0) is 32.3. The second-order valence-electron chi connectivity index (χ2n) is 11.8. The summed E-state index contributed by atoms with van der Waals surface area (Å²) in [6.45, 7) is 4.64. The van der Waals surface area contributed by atoms with Gasteiger partial charge in [0, 0.05) is 62.3 Å². The summed E-state index contributed by atoms with van der Waals surface area (Å²) in [6.07, 6.45) is 1.20. The van der Waals surface area contributed by atoms with Crippen LogP contribution in [0.15, 0.2) is 82.2 Å². The Labute approximate surface area is 273 Å². The van der Waals surface area contributed by atoms with E-state index >= 15 is 0 Å². The Kier molecular flexibility index (Phi) is 8.32. The molecule has 0 spiro atoms. The average Bonchev–Trinajstić information content (AvgIpc) is 3.07. The van der Waals surface area contributed by atoms with Gasteiger partial charge in [0.2, 0.25) is 11.8 Å². The highest BCUT2D eigenvalue weighted by Crippen LogP contribution is 2.37. The van der Waals surface area contributed by atoms with Gasteiger partial charge in [-0.3, -0.25) is 14.6 Å². The third-order valence-electron chi connectivity index (χ3n) is 8.65. The van der Waals surface area contributed by atoms with Crippen molar-refractivity contribution in [3.8, 4) is 29.0 Å². The minimum Gasteiger partial charge on any atom is -0.489 e. The number of benzene rings is 4. The Morgan fingerprint density at radius 1 is 0.979 bits per heavy atom. The van der Waals surface area contributed by atoms with E-state index in [-0.39, 0.29) is 24.8 Å². The molecule has 0 radical (unpaired) electrons. The number of ether oxygens (including phenoxy) is 1. The molecular weight excluding hydrogens is 590 g/mol. The maximum absolute atomic E-state index is 13.5. The van der Waals surface area contributed by atoms with Crippen molar-refractivity contribution in [2.45, 2.75) is 32.7 Å². The molecule has 47 heavy (non-hydrogen) atoms. The number of nitrogens with one attached hydrogen (secondary N) is 1. The van der Waals surface area contributed by atoms with Crippen LogP contribution in [-0.4, -0.2) is 50.1 Å². The highest BCUT2D eigenvalue weighted by atomic mass is 16.5. The molecule has 0 saturated heterocycles. The van der Waals surface area contributed by atoms with Crippen LogP contribution in [-0.2, 0) is 16.1 Å². The molecule has 1 N–H and O–H groups in total. The van der Waals surface area contributed by atoms with E-state index in [1.165, 1.54) is 0 Å². The molecule has 1 aliphatic carbocycles. The zero-order valence-electron chi connectivity index (χ0n) is 26.5. The molecule has 2 amide bonds. The van der Waals surface area contributed by atoms with Crippen molar-refractivity contribution in [3.63, 3.8) is 0 Å². The molecule has 7 rings (SSSR count). The maximum atomic E-state index is 13.5. The van der Waals surface area contributed by atoms with Gasteiger partial charge >= 0.3 is 0 Å². The van der Waals surface area contributed by atoms with Crippen molar-refractivity contribution in [2.24, 2.45) is 4.99 Å². The standard InChI is InChI=1S/C38H35N5O4/c1-25-20-30-34(21-29(25)39-2)47-35-23-33-36(22-31(35)41-30)46-19-18-42(33)17-7-12-37(44)40-16-15-38(45)43-24-28-10-4-3-8-26(28)13-14-27-9-5-6-11-32(27)43/h3-6,8-11,20-23H,7,12,15-19,24H2,1-2H3,(H,40,44). The second-order valence-corrected chi connectivity index (χ2v) is 11.8. The predicted molar refractivity (Wildman–Crippen MR) is 181 cm³/mol. The molecule has 236 valence electrons. The molecule has 3 heterocycles. The van der Waals surface area contributed by atoms with Gasteiger partial charge in [0.15, 0.2) is 11.3 Å². The van der Waals surface area contributed by atoms with Gasteiger partial charge < -0.3 is 24.3 Å². The molecule has 9 nitrogen and oxygen atoms in total. The number of aromatic nitrogens is 1. The fourth-order valence-electron chi connectivity index (χ4n) is 6.18. The van der Waals surface area contributed by atoms with E-state index in [0.717, 1.165) is 55.9 Å². The molecular formula is C38H35N5O4. The number of hydrogen-bond donors (Lipinski definition) is 1. The Hall–Kier alpha value is -5.62. The van der Waals surface area contributed by atoms with E-state index in [2.05, 4.69) is 27.0 Å². The van der Waals surface area contributed by atoms with E-state index in [1.54, 1.807) is 11.9 Å². The second kappa shape index (κ2) is 13.0. The molecule has 3 aromatic carbocycles. The number of aryl methyl sites for hydroxylation is 1. The van der Waals surface area contributed by atoms with E-state index in [4.69, 9.17) is 14.1 Å². The molecule has 0 aromatic heterocycles. The smallest absolute Gasteiger partial charge is 0.229 e. The van der Waals surface area contributed by atoms with E-state index in [1.807, 2.05) is 79.7 Å². The Balaban J connectivity index is 0.963. The lowest BCUT2D eigenvalue weighted by Crippen LogP contribution is -2.36. The van der Waals surface area contributed by atoms with Crippen LogP contribution in [0.4, 0.5) is 11.4 Å². The van der Waals surface area contributed by atoms with Gasteiger partial charge in [-0.2, -0.15) is 0 Å². The first kappa shape index (κ1) is 30.1. The summed E-state index contributed by atoms with van der Waals surface area (Å²) < 4.78 is 12.2. The average molecular weight is 626 g/mol. The van der Waals surface area contributed by atoms with E-state index < -0.39 is 0 Å². The summed E-state index contributed by atoms with van der Waals surface area (Å²) in [5, 5.41) is 3.82. The van der Waals surface area contributed by atoms with Crippen molar-refractivity contribution in [3.05, 3.63) is 100 Å². The summed E-state index contributed by atoms with van der Waals surface area (Å²) in [6, 6.07) is 23.4.